The third-order valence-corrected chi connectivity index (χ3v) is 3.26. The van der Waals surface area contributed by atoms with Crippen LogP contribution in [0.3, 0.4) is 0 Å². The van der Waals surface area contributed by atoms with E-state index in [0.717, 1.165) is 6.42 Å². The zero-order chi connectivity index (χ0) is 14.0. The van der Waals surface area contributed by atoms with Crippen molar-refractivity contribution in [2.75, 3.05) is 20.3 Å². The Morgan fingerprint density at radius 3 is 2.74 bits per heavy atom. The number of carbonyl (C=O) groups excluding carboxylic acids is 2. The predicted octanol–water partition coefficient (Wildman–Crippen LogP) is 1.45. The molecule has 1 fully saturated rings. The fourth-order valence-corrected chi connectivity index (χ4v) is 2.25. The van der Waals surface area contributed by atoms with Crippen LogP contribution in [-0.4, -0.2) is 42.2 Å². The molecular formula is C13H18N2O4. The van der Waals surface area contributed by atoms with Crippen molar-refractivity contribution in [2.24, 2.45) is 0 Å². The number of aryl methyl sites for hydroxylation is 1. The highest BCUT2D eigenvalue weighted by atomic mass is 16.7. The van der Waals surface area contributed by atoms with Crippen molar-refractivity contribution in [1.82, 2.24) is 10.0 Å². The van der Waals surface area contributed by atoms with Gasteiger partial charge in [-0.3, -0.25) is 9.63 Å². The van der Waals surface area contributed by atoms with Crippen LogP contribution < -0.4 is 0 Å². The van der Waals surface area contributed by atoms with E-state index in [1.54, 1.807) is 6.92 Å². The zero-order valence-corrected chi connectivity index (χ0v) is 11.4. The molecule has 1 aliphatic heterocycles. The van der Waals surface area contributed by atoms with E-state index in [9.17, 15) is 9.59 Å². The number of carbonyl (C=O) groups is 2. The third-order valence-electron chi connectivity index (χ3n) is 3.26. The van der Waals surface area contributed by atoms with E-state index in [4.69, 9.17) is 9.57 Å². The van der Waals surface area contributed by atoms with Crippen LogP contribution in [0.2, 0.25) is 0 Å². The van der Waals surface area contributed by atoms with E-state index in [2.05, 4.69) is 4.98 Å². The summed E-state index contributed by atoms with van der Waals surface area (Å²) in [5.41, 5.74) is 2.18. The molecule has 0 saturated carbocycles. The molecule has 0 aliphatic carbocycles. The van der Waals surface area contributed by atoms with E-state index in [-0.39, 0.29) is 5.91 Å². The zero-order valence-electron chi connectivity index (χ0n) is 11.4. The molecule has 1 saturated heterocycles. The van der Waals surface area contributed by atoms with Crippen LogP contribution in [0.25, 0.3) is 0 Å². The Bertz CT molecular complexity index is 501. The number of hydroxylamine groups is 2. The number of nitrogens with one attached hydrogen (secondary N) is 1. The van der Waals surface area contributed by atoms with Crippen LogP contribution >= 0.6 is 0 Å². The van der Waals surface area contributed by atoms with Crippen LogP contribution in [0.1, 0.15) is 45.4 Å². The number of hydrogen-bond acceptors (Lipinski definition) is 4. The molecular weight excluding hydrogens is 248 g/mol. The summed E-state index contributed by atoms with van der Waals surface area (Å²) in [4.78, 5) is 32.3. The first kappa shape index (κ1) is 13.6. The molecule has 0 spiro atoms. The first-order chi connectivity index (χ1) is 9.10. The molecule has 19 heavy (non-hydrogen) atoms. The second-order valence-electron chi connectivity index (χ2n) is 4.42. The minimum absolute atomic E-state index is 0.236. The summed E-state index contributed by atoms with van der Waals surface area (Å²) in [6, 6.07) is 0. The maximum atomic E-state index is 12.3. The van der Waals surface area contributed by atoms with Crippen LogP contribution in [0.15, 0.2) is 0 Å². The number of hydrogen-bond donors (Lipinski definition) is 1. The van der Waals surface area contributed by atoms with Crippen molar-refractivity contribution < 1.29 is 19.2 Å². The maximum Gasteiger partial charge on any atom is 0.339 e. The van der Waals surface area contributed by atoms with Gasteiger partial charge in [0.1, 0.15) is 5.69 Å². The molecule has 1 aromatic rings. The van der Waals surface area contributed by atoms with Crippen LogP contribution in [0, 0.1) is 6.92 Å². The molecule has 2 heterocycles. The summed E-state index contributed by atoms with van der Waals surface area (Å²) >= 11 is 0. The Kier molecular flexibility index (Phi) is 3.90. The Morgan fingerprint density at radius 1 is 1.47 bits per heavy atom. The Labute approximate surface area is 111 Å². The van der Waals surface area contributed by atoms with Gasteiger partial charge in [0.05, 0.1) is 25.8 Å². The van der Waals surface area contributed by atoms with Gasteiger partial charge in [0, 0.05) is 5.69 Å². The molecule has 6 heteroatoms. The molecule has 0 radical (unpaired) electrons. The monoisotopic (exact) mass is 266 g/mol. The molecule has 0 aromatic carbocycles. The average Bonchev–Trinajstić information content (AvgIpc) is 3.04. The number of aromatic amines is 1. The SMILES string of the molecule is CCc1[nH]c(C(=O)N2CCCO2)c(C)c1C(=O)OC. The minimum Gasteiger partial charge on any atom is -0.465 e. The number of methoxy groups -OCH3 is 1. The van der Waals surface area contributed by atoms with Gasteiger partial charge in [-0.05, 0) is 25.3 Å². The average molecular weight is 266 g/mol. The fourth-order valence-electron chi connectivity index (χ4n) is 2.25. The summed E-state index contributed by atoms with van der Waals surface area (Å²) in [6.07, 6.45) is 1.45. The van der Waals surface area contributed by atoms with Gasteiger partial charge in [-0.15, -0.1) is 0 Å². The molecule has 0 bridgehead atoms. The number of aromatic nitrogens is 1. The standard InChI is InChI=1S/C13H18N2O4/c1-4-9-10(13(17)18-3)8(2)11(14-9)12(16)15-6-5-7-19-15/h14H,4-7H2,1-3H3. The lowest BCUT2D eigenvalue weighted by Crippen LogP contribution is -2.27. The predicted molar refractivity (Wildman–Crippen MR) is 67.9 cm³/mol. The normalized spacial score (nSPS) is 14.8. The topological polar surface area (TPSA) is 71.6 Å². The minimum atomic E-state index is -0.424. The summed E-state index contributed by atoms with van der Waals surface area (Å²) in [5.74, 6) is -0.660. The van der Waals surface area contributed by atoms with Crippen LogP contribution in [-0.2, 0) is 16.0 Å². The summed E-state index contributed by atoms with van der Waals surface area (Å²) in [7, 11) is 1.33. The largest absolute Gasteiger partial charge is 0.465 e. The van der Waals surface area contributed by atoms with Gasteiger partial charge in [-0.2, -0.15) is 0 Å². The number of amides is 1. The smallest absolute Gasteiger partial charge is 0.339 e. The van der Waals surface area contributed by atoms with Crippen molar-refractivity contribution >= 4 is 11.9 Å². The van der Waals surface area contributed by atoms with Crippen LogP contribution in [0.4, 0.5) is 0 Å². The first-order valence-electron chi connectivity index (χ1n) is 6.34. The van der Waals surface area contributed by atoms with Crippen molar-refractivity contribution in [3.63, 3.8) is 0 Å². The third kappa shape index (κ3) is 2.35. The van der Waals surface area contributed by atoms with E-state index in [1.165, 1.54) is 12.2 Å². The Hall–Kier alpha value is -1.82. The van der Waals surface area contributed by atoms with Gasteiger partial charge in [0.2, 0.25) is 0 Å². The number of nitrogens with zero attached hydrogens (tertiary/aromatic N) is 1. The van der Waals surface area contributed by atoms with E-state index >= 15 is 0 Å². The van der Waals surface area contributed by atoms with Crippen molar-refractivity contribution in [1.29, 1.82) is 0 Å². The van der Waals surface area contributed by atoms with E-state index < -0.39 is 5.97 Å². The summed E-state index contributed by atoms with van der Waals surface area (Å²) in [5, 5.41) is 1.33. The lowest BCUT2D eigenvalue weighted by atomic mass is 10.1. The van der Waals surface area contributed by atoms with E-state index in [0.29, 0.717) is 42.1 Å². The van der Waals surface area contributed by atoms with Gasteiger partial charge >= 0.3 is 5.97 Å². The molecule has 6 nitrogen and oxygen atoms in total. The Morgan fingerprint density at radius 2 is 2.21 bits per heavy atom. The molecule has 1 N–H and O–H groups in total. The molecule has 0 unspecified atom stereocenters. The summed E-state index contributed by atoms with van der Waals surface area (Å²) in [6.45, 7) is 4.78. The van der Waals surface area contributed by atoms with Crippen molar-refractivity contribution in [3.8, 4) is 0 Å². The second-order valence-corrected chi connectivity index (χ2v) is 4.42. The second kappa shape index (κ2) is 5.44. The highest BCUT2D eigenvalue weighted by Gasteiger charge is 2.28. The number of ether oxygens (including phenoxy) is 1. The Balaban J connectivity index is 2.38. The molecule has 104 valence electrons. The number of rotatable bonds is 3. The number of H-pyrrole nitrogens is 1. The van der Waals surface area contributed by atoms with Gasteiger partial charge in [0.15, 0.2) is 0 Å². The summed E-state index contributed by atoms with van der Waals surface area (Å²) < 4.78 is 4.76. The fraction of sp³-hybridized carbons (Fsp3) is 0.538. The van der Waals surface area contributed by atoms with Gasteiger partial charge in [-0.25, -0.2) is 9.86 Å². The highest BCUT2D eigenvalue weighted by molar-refractivity contribution is 6.00. The van der Waals surface area contributed by atoms with Gasteiger partial charge < -0.3 is 9.72 Å². The molecule has 1 aliphatic rings. The number of esters is 1. The van der Waals surface area contributed by atoms with Gasteiger partial charge in [-0.1, -0.05) is 6.92 Å². The molecule has 1 amide bonds. The van der Waals surface area contributed by atoms with Crippen LogP contribution in [0.5, 0.6) is 0 Å². The van der Waals surface area contributed by atoms with Crippen molar-refractivity contribution in [3.05, 3.63) is 22.5 Å². The van der Waals surface area contributed by atoms with Crippen molar-refractivity contribution in [2.45, 2.75) is 26.7 Å². The highest BCUT2D eigenvalue weighted by Crippen LogP contribution is 2.22. The lowest BCUT2D eigenvalue weighted by Gasteiger charge is -2.13. The molecule has 2 rings (SSSR count). The molecule has 0 atom stereocenters. The maximum absolute atomic E-state index is 12.3. The quantitative estimate of drug-likeness (QED) is 0.840. The first-order valence-corrected chi connectivity index (χ1v) is 6.34. The molecule has 1 aromatic heterocycles. The van der Waals surface area contributed by atoms with E-state index in [1.807, 2.05) is 6.92 Å². The lowest BCUT2D eigenvalue weighted by molar-refractivity contribution is -0.0772. The van der Waals surface area contributed by atoms with Gasteiger partial charge in [0.25, 0.3) is 5.91 Å².